The summed E-state index contributed by atoms with van der Waals surface area (Å²) in [5, 5.41) is 12.4. The Kier molecular flexibility index (Phi) is 4.79. The topological polar surface area (TPSA) is 106 Å². The number of amides is 1. The van der Waals surface area contributed by atoms with Crippen LogP contribution in [-0.4, -0.2) is 36.6 Å². The van der Waals surface area contributed by atoms with E-state index in [1.54, 1.807) is 42.5 Å². The Morgan fingerprint density at radius 3 is 2.68 bits per heavy atom. The summed E-state index contributed by atoms with van der Waals surface area (Å²) in [4.78, 5) is 22.5. The number of carbonyl (C=O) groups is 2. The Hall–Kier alpha value is -3.55. The molecule has 0 aromatic heterocycles. The summed E-state index contributed by atoms with van der Waals surface area (Å²) in [5.41, 5.74) is 3.54. The van der Waals surface area contributed by atoms with Gasteiger partial charge in [-0.1, -0.05) is 0 Å². The molecule has 0 bridgehead atoms. The van der Waals surface area contributed by atoms with Crippen molar-refractivity contribution in [3.63, 3.8) is 0 Å². The number of benzene rings is 2. The molecule has 1 heterocycles. The molecule has 25 heavy (non-hydrogen) atoms. The predicted molar refractivity (Wildman–Crippen MR) is 87.2 cm³/mol. The first-order valence-electron chi connectivity index (χ1n) is 7.29. The number of hydrogen-bond donors (Lipinski definition) is 2. The predicted octanol–water partition coefficient (Wildman–Crippen LogP) is 1.64. The van der Waals surface area contributed by atoms with Gasteiger partial charge in [-0.15, -0.1) is 0 Å². The molecule has 0 atom stereocenters. The lowest BCUT2D eigenvalue weighted by molar-refractivity contribution is -0.139. The van der Waals surface area contributed by atoms with Gasteiger partial charge in [-0.25, -0.2) is 10.2 Å². The average Bonchev–Trinajstić information content (AvgIpc) is 3.08. The summed E-state index contributed by atoms with van der Waals surface area (Å²) < 4.78 is 15.4. The zero-order chi connectivity index (χ0) is 17.6. The molecular weight excluding hydrogens is 328 g/mol. The Morgan fingerprint density at radius 2 is 1.92 bits per heavy atom. The van der Waals surface area contributed by atoms with Crippen molar-refractivity contribution in [1.82, 2.24) is 5.43 Å². The van der Waals surface area contributed by atoms with Crippen LogP contribution in [0.5, 0.6) is 17.2 Å². The van der Waals surface area contributed by atoms with Crippen LogP contribution in [0.25, 0.3) is 0 Å². The van der Waals surface area contributed by atoms with Gasteiger partial charge in [0.05, 0.1) is 6.21 Å². The maximum atomic E-state index is 12.0. The van der Waals surface area contributed by atoms with Crippen molar-refractivity contribution in [2.75, 3.05) is 13.4 Å². The van der Waals surface area contributed by atoms with Crippen LogP contribution in [0.2, 0.25) is 0 Å². The summed E-state index contributed by atoms with van der Waals surface area (Å²) in [6.45, 7) is -0.260. The minimum atomic E-state index is -1.04. The summed E-state index contributed by atoms with van der Waals surface area (Å²) in [6, 6.07) is 11.5. The van der Waals surface area contributed by atoms with E-state index in [1.807, 2.05) is 0 Å². The van der Waals surface area contributed by atoms with Gasteiger partial charge in [0.1, 0.15) is 5.75 Å². The number of carboxylic acids is 1. The SMILES string of the molecule is O=C(O)COc1ccc(C=NNC(=O)c2ccc3c(c2)OCO3)cc1. The largest absolute Gasteiger partial charge is 0.482 e. The van der Waals surface area contributed by atoms with Crippen LogP contribution >= 0.6 is 0 Å². The molecule has 3 rings (SSSR count). The highest BCUT2D eigenvalue weighted by Gasteiger charge is 2.15. The zero-order valence-electron chi connectivity index (χ0n) is 13.0. The van der Waals surface area contributed by atoms with E-state index in [9.17, 15) is 9.59 Å². The van der Waals surface area contributed by atoms with E-state index in [2.05, 4.69) is 10.5 Å². The number of fused-ring (bicyclic) bond motifs is 1. The van der Waals surface area contributed by atoms with Crippen molar-refractivity contribution < 1.29 is 28.9 Å². The molecule has 2 aromatic rings. The van der Waals surface area contributed by atoms with Crippen molar-refractivity contribution in [3.05, 3.63) is 53.6 Å². The lowest BCUT2D eigenvalue weighted by Gasteiger charge is -2.03. The number of carboxylic acid groups (broad SMARTS) is 1. The van der Waals surface area contributed by atoms with Crippen molar-refractivity contribution >= 4 is 18.1 Å². The van der Waals surface area contributed by atoms with Crippen LogP contribution in [0.15, 0.2) is 47.6 Å². The number of hydrazone groups is 1. The first kappa shape index (κ1) is 16.3. The van der Waals surface area contributed by atoms with Crippen LogP contribution in [0, 0.1) is 0 Å². The lowest BCUT2D eigenvalue weighted by Crippen LogP contribution is -2.17. The smallest absolute Gasteiger partial charge is 0.341 e. The van der Waals surface area contributed by atoms with Gasteiger partial charge in [-0.3, -0.25) is 4.79 Å². The van der Waals surface area contributed by atoms with Gasteiger partial charge in [0.15, 0.2) is 18.1 Å². The highest BCUT2D eigenvalue weighted by Crippen LogP contribution is 2.32. The minimum absolute atomic E-state index is 0.144. The first-order chi connectivity index (χ1) is 12.1. The van der Waals surface area contributed by atoms with E-state index in [0.717, 1.165) is 0 Å². The molecule has 0 spiro atoms. The zero-order valence-corrected chi connectivity index (χ0v) is 13.0. The molecule has 0 fully saturated rings. The summed E-state index contributed by atoms with van der Waals surface area (Å²) in [5.74, 6) is 0.135. The fourth-order valence-electron chi connectivity index (χ4n) is 2.06. The van der Waals surface area contributed by atoms with Gasteiger partial charge in [0, 0.05) is 5.56 Å². The fraction of sp³-hybridized carbons (Fsp3) is 0.118. The van der Waals surface area contributed by atoms with Crippen LogP contribution in [-0.2, 0) is 4.79 Å². The van der Waals surface area contributed by atoms with Crippen LogP contribution < -0.4 is 19.6 Å². The third-order valence-corrected chi connectivity index (χ3v) is 3.26. The maximum Gasteiger partial charge on any atom is 0.341 e. The van der Waals surface area contributed by atoms with Crippen LogP contribution in [0.3, 0.4) is 0 Å². The normalized spacial score (nSPS) is 12.2. The number of hydrogen-bond acceptors (Lipinski definition) is 6. The number of carbonyl (C=O) groups excluding carboxylic acids is 1. The Balaban J connectivity index is 1.55. The molecule has 1 aliphatic rings. The molecule has 0 saturated carbocycles. The molecule has 0 aliphatic carbocycles. The molecule has 8 heteroatoms. The Labute approximate surface area is 142 Å². The summed E-state index contributed by atoms with van der Waals surface area (Å²) >= 11 is 0. The number of ether oxygens (including phenoxy) is 3. The molecule has 8 nitrogen and oxygen atoms in total. The van der Waals surface area contributed by atoms with Gasteiger partial charge in [0.25, 0.3) is 5.91 Å². The van der Waals surface area contributed by atoms with Gasteiger partial charge in [-0.2, -0.15) is 5.10 Å². The van der Waals surface area contributed by atoms with Crippen molar-refractivity contribution in [3.8, 4) is 17.2 Å². The van der Waals surface area contributed by atoms with E-state index in [-0.39, 0.29) is 12.7 Å². The van der Waals surface area contributed by atoms with Crippen LogP contribution in [0.4, 0.5) is 0 Å². The molecule has 2 N–H and O–H groups in total. The molecule has 1 aliphatic heterocycles. The first-order valence-corrected chi connectivity index (χ1v) is 7.29. The number of nitrogens with one attached hydrogen (secondary N) is 1. The second-order valence-electron chi connectivity index (χ2n) is 5.02. The highest BCUT2D eigenvalue weighted by molar-refractivity contribution is 5.95. The van der Waals surface area contributed by atoms with E-state index in [1.165, 1.54) is 6.21 Å². The molecule has 2 aromatic carbocycles. The summed E-state index contributed by atoms with van der Waals surface area (Å²) in [7, 11) is 0. The second-order valence-corrected chi connectivity index (χ2v) is 5.02. The van der Waals surface area contributed by atoms with Gasteiger partial charge in [0.2, 0.25) is 6.79 Å². The lowest BCUT2D eigenvalue weighted by atomic mass is 10.2. The second kappa shape index (κ2) is 7.35. The number of aliphatic carboxylic acids is 1. The van der Waals surface area contributed by atoms with E-state index >= 15 is 0 Å². The number of nitrogens with zero attached hydrogens (tertiary/aromatic N) is 1. The summed E-state index contributed by atoms with van der Waals surface area (Å²) in [6.07, 6.45) is 1.46. The molecule has 0 saturated heterocycles. The standard InChI is InChI=1S/C17H14N2O6/c20-16(21)9-23-13-4-1-11(2-5-13)8-18-19-17(22)12-3-6-14-15(7-12)25-10-24-14/h1-8H,9-10H2,(H,19,22)(H,20,21). The fourth-order valence-corrected chi connectivity index (χ4v) is 2.06. The minimum Gasteiger partial charge on any atom is -0.482 e. The van der Waals surface area contributed by atoms with Gasteiger partial charge in [-0.05, 0) is 48.0 Å². The van der Waals surface area contributed by atoms with Crippen LogP contribution in [0.1, 0.15) is 15.9 Å². The maximum absolute atomic E-state index is 12.0. The Bertz CT molecular complexity index is 816. The van der Waals surface area contributed by atoms with E-state index < -0.39 is 12.6 Å². The molecule has 128 valence electrons. The van der Waals surface area contributed by atoms with Gasteiger partial charge < -0.3 is 19.3 Å². The molecular formula is C17H14N2O6. The third kappa shape index (κ3) is 4.25. The highest BCUT2D eigenvalue weighted by atomic mass is 16.7. The monoisotopic (exact) mass is 342 g/mol. The number of rotatable bonds is 6. The molecule has 1 amide bonds. The van der Waals surface area contributed by atoms with Crippen molar-refractivity contribution in [2.24, 2.45) is 5.10 Å². The van der Waals surface area contributed by atoms with Crippen molar-refractivity contribution in [2.45, 2.75) is 0 Å². The third-order valence-electron chi connectivity index (χ3n) is 3.26. The molecule has 0 radical (unpaired) electrons. The average molecular weight is 342 g/mol. The van der Waals surface area contributed by atoms with E-state index in [0.29, 0.717) is 28.4 Å². The van der Waals surface area contributed by atoms with Gasteiger partial charge >= 0.3 is 5.97 Å². The Morgan fingerprint density at radius 1 is 1.16 bits per heavy atom. The van der Waals surface area contributed by atoms with E-state index in [4.69, 9.17) is 19.3 Å². The van der Waals surface area contributed by atoms with Crippen molar-refractivity contribution in [1.29, 1.82) is 0 Å². The quantitative estimate of drug-likeness (QED) is 0.611. The molecule has 0 unspecified atom stereocenters.